The summed E-state index contributed by atoms with van der Waals surface area (Å²) in [6.07, 6.45) is 0. The lowest BCUT2D eigenvalue weighted by Gasteiger charge is -2.45. The van der Waals surface area contributed by atoms with Crippen LogP contribution in [0, 0.1) is 0 Å². The first-order valence-electron chi connectivity index (χ1n) is 25.0. The number of hydrogen-bond donors (Lipinski definition) is 0. The van der Waals surface area contributed by atoms with Gasteiger partial charge in [-0.3, -0.25) is 0 Å². The molecule has 1 aromatic heterocycles. The molecule has 0 atom stereocenters. The molecular formula is C67H56BN3. The molecular weight excluding hydrogens is 858 g/mol. The Hall–Kier alpha value is -8.21. The minimum absolute atomic E-state index is 0.00219. The normalized spacial score (nSPS) is 12.8. The van der Waals surface area contributed by atoms with Gasteiger partial charge in [0.1, 0.15) is 0 Å². The molecule has 10 aromatic rings. The molecule has 2 aliphatic rings. The van der Waals surface area contributed by atoms with E-state index in [0.29, 0.717) is 0 Å². The molecule has 12 rings (SSSR count). The van der Waals surface area contributed by atoms with Crippen molar-refractivity contribution in [1.82, 2.24) is 4.98 Å². The fourth-order valence-electron chi connectivity index (χ4n) is 10.8. The Balaban J connectivity index is 1.19. The van der Waals surface area contributed by atoms with Gasteiger partial charge in [-0.05, 0) is 132 Å². The summed E-state index contributed by atoms with van der Waals surface area (Å²) < 4.78 is 0. The van der Waals surface area contributed by atoms with Gasteiger partial charge < -0.3 is 9.80 Å². The second kappa shape index (κ2) is 17.3. The average Bonchev–Trinajstić information content (AvgIpc) is 3.41. The van der Waals surface area contributed by atoms with Crippen LogP contribution in [0.15, 0.2) is 231 Å². The van der Waals surface area contributed by atoms with Crippen molar-refractivity contribution < 1.29 is 0 Å². The maximum Gasteiger partial charge on any atom is 0.252 e. The summed E-state index contributed by atoms with van der Waals surface area (Å²) in [6, 6.07) is 85.2. The first-order valence-corrected chi connectivity index (χ1v) is 25.0. The maximum atomic E-state index is 5.58. The fourth-order valence-corrected chi connectivity index (χ4v) is 10.8. The Bertz CT molecular complexity index is 3340. The molecule has 0 saturated carbocycles. The fraction of sp³-hybridized carbons (Fsp3) is 0.119. The van der Waals surface area contributed by atoms with Crippen molar-refractivity contribution in [3.63, 3.8) is 0 Å². The third-order valence-corrected chi connectivity index (χ3v) is 14.6. The molecule has 4 heteroatoms. The highest BCUT2D eigenvalue weighted by atomic mass is 15.2. The maximum absolute atomic E-state index is 5.58. The van der Waals surface area contributed by atoms with Gasteiger partial charge in [0.25, 0.3) is 6.71 Å². The van der Waals surface area contributed by atoms with Gasteiger partial charge in [-0.2, -0.15) is 0 Å². The SMILES string of the molecule is CC(C)(C)c1ccc(N2c3ccc(-c4ccccc4)cc3B3c4cc(-c5ccccc5)ccc4N(c4ccc(C(C)(C)C)cc4)c4cc(-c5cc(-c6ccccc6)cc(-c6ccccc6)n5)cc2c43)cc1. The summed E-state index contributed by atoms with van der Waals surface area (Å²) in [5.41, 5.74) is 24.4. The van der Waals surface area contributed by atoms with Gasteiger partial charge in [0.05, 0.1) is 11.4 Å². The van der Waals surface area contributed by atoms with E-state index in [2.05, 4.69) is 282 Å². The minimum Gasteiger partial charge on any atom is -0.311 e. The third-order valence-electron chi connectivity index (χ3n) is 14.6. The number of rotatable bonds is 7. The van der Waals surface area contributed by atoms with Crippen molar-refractivity contribution in [3.8, 4) is 55.9 Å². The van der Waals surface area contributed by atoms with Crippen molar-refractivity contribution >= 4 is 57.2 Å². The molecule has 0 N–H and O–H groups in total. The van der Waals surface area contributed by atoms with E-state index >= 15 is 0 Å². The largest absolute Gasteiger partial charge is 0.311 e. The summed E-state index contributed by atoms with van der Waals surface area (Å²) in [6.45, 7) is 13.6. The second-order valence-electron chi connectivity index (χ2n) is 21.3. The number of fused-ring (bicyclic) bond motifs is 4. The van der Waals surface area contributed by atoms with Gasteiger partial charge in [-0.1, -0.05) is 211 Å². The number of pyridine rings is 1. The van der Waals surface area contributed by atoms with Gasteiger partial charge >= 0.3 is 0 Å². The lowest BCUT2D eigenvalue weighted by Crippen LogP contribution is -2.61. The molecule has 3 nitrogen and oxygen atoms in total. The lowest BCUT2D eigenvalue weighted by atomic mass is 9.33. The van der Waals surface area contributed by atoms with Crippen molar-refractivity contribution in [3.05, 3.63) is 242 Å². The molecule has 0 aliphatic carbocycles. The minimum atomic E-state index is -0.0925. The highest BCUT2D eigenvalue weighted by Crippen LogP contribution is 2.48. The zero-order valence-corrected chi connectivity index (χ0v) is 41.4. The second-order valence-corrected chi connectivity index (χ2v) is 21.3. The highest BCUT2D eigenvalue weighted by Gasteiger charge is 2.44. The summed E-state index contributed by atoms with van der Waals surface area (Å²) in [4.78, 5) is 10.6. The number of benzene rings is 9. The predicted octanol–water partition coefficient (Wildman–Crippen LogP) is 16.1. The molecule has 2 aliphatic heterocycles. The van der Waals surface area contributed by atoms with Gasteiger partial charge in [-0.25, -0.2) is 4.98 Å². The molecule has 0 radical (unpaired) electrons. The molecule has 0 saturated heterocycles. The smallest absolute Gasteiger partial charge is 0.252 e. The molecule has 9 aromatic carbocycles. The number of nitrogens with zero attached hydrogens (tertiary/aromatic N) is 3. The predicted molar refractivity (Wildman–Crippen MR) is 303 cm³/mol. The monoisotopic (exact) mass is 913 g/mol. The van der Waals surface area contributed by atoms with Crippen LogP contribution in [0.4, 0.5) is 34.1 Å². The van der Waals surface area contributed by atoms with Crippen LogP contribution in [-0.4, -0.2) is 11.7 Å². The van der Waals surface area contributed by atoms with Crippen LogP contribution >= 0.6 is 0 Å². The first-order chi connectivity index (χ1) is 34.5. The Morgan fingerprint density at radius 1 is 0.310 bits per heavy atom. The Kier molecular flexibility index (Phi) is 10.7. The molecule has 0 unspecified atom stereocenters. The molecule has 0 fully saturated rings. The average molecular weight is 914 g/mol. The number of aromatic nitrogens is 1. The van der Waals surface area contributed by atoms with E-state index in [0.717, 1.165) is 56.4 Å². The van der Waals surface area contributed by atoms with Gasteiger partial charge in [0.2, 0.25) is 0 Å². The molecule has 0 amide bonds. The van der Waals surface area contributed by atoms with Crippen LogP contribution < -0.4 is 26.2 Å². The van der Waals surface area contributed by atoms with Gasteiger partial charge in [0.15, 0.2) is 0 Å². The van der Waals surface area contributed by atoms with Crippen molar-refractivity contribution in [1.29, 1.82) is 0 Å². The Morgan fingerprint density at radius 2 is 0.676 bits per heavy atom. The summed E-state index contributed by atoms with van der Waals surface area (Å²) in [7, 11) is 0. The molecule has 0 spiro atoms. The van der Waals surface area contributed by atoms with Gasteiger partial charge in [-0.15, -0.1) is 0 Å². The Morgan fingerprint density at radius 3 is 1.07 bits per heavy atom. The van der Waals surface area contributed by atoms with Gasteiger partial charge in [0, 0.05) is 45.3 Å². The van der Waals surface area contributed by atoms with Crippen LogP contribution in [0.5, 0.6) is 0 Å². The quantitative estimate of drug-likeness (QED) is 0.149. The van der Waals surface area contributed by atoms with Crippen LogP contribution in [0.25, 0.3) is 55.9 Å². The zero-order valence-electron chi connectivity index (χ0n) is 41.4. The molecule has 3 heterocycles. The lowest BCUT2D eigenvalue weighted by molar-refractivity contribution is 0.590. The van der Waals surface area contributed by atoms with E-state index in [1.807, 2.05) is 0 Å². The van der Waals surface area contributed by atoms with E-state index in [-0.39, 0.29) is 17.5 Å². The van der Waals surface area contributed by atoms with E-state index in [9.17, 15) is 0 Å². The highest BCUT2D eigenvalue weighted by molar-refractivity contribution is 7.00. The summed E-state index contributed by atoms with van der Waals surface area (Å²) in [5.74, 6) is 0. The third kappa shape index (κ3) is 8.04. The number of anilines is 6. The van der Waals surface area contributed by atoms with Crippen molar-refractivity contribution in [2.75, 3.05) is 9.80 Å². The van der Waals surface area contributed by atoms with E-state index in [4.69, 9.17) is 4.98 Å². The molecule has 71 heavy (non-hydrogen) atoms. The van der Waals surface area contributed by atoms with Crippen LogP contribution in [-0.2, 0) is 10.8 Å². The zero-order chi connectivity index (χ0) is 48.4. The first kappa shape index (κ1) is 44.0. The van der Waals surface area contributed by atoms with Crippen LogP contribution in [0.1, 0.15) is 52.7 Å². The summed E-state index contributed by atoms with van der Waals surface area (Å²) in [5, 5.41) is 0. The number of hydrogen-bond acceptors (Lipinski definition) is 3. The standard InChI is InChI=1S/C67H56BN3/c1-66(2,3)53-29-33-55(34-30-53)70-61-37-27-49(45-19-11-7-12-20-45)39-57(61)68-58-40-50(46-21-13-8-14-22-46)28-38-62(58)71(56-35-31-54(32-36-56)67(4,5)6)64-44-52(43-63(70)65(64)68)60-42-51(47-23-15-9-16-24-47)41-59(69-60)48-25-17-10-18-26-48/h7-44H,1-6H3. The molecule has 0 bridgehead atoms. The van der Waals surface area contributed by atoms with Crippen LogP contribution in [0.2, 0.25) is 0 Å². The van der Waals surface area contributed by atoms with Crippen molar-refractivity contribution in [2.45, 2.75) is 52.4 Å². The van der Waals surface area contributed by atoms with Crippen LogP contribution in [0.3, 0.4) is 0 Å². The van der Waals surface area contributed by atoms with E-state index in [1.165, 1.54) is 61.1 Å². The van der Waals surface area contributed by atoms with E-state index < -0.39 is 0 Å². The topological polar surface area (TPSA) is 19.4 Å². The molecule has 342 valence electrons. The van der Waals surface area contributed by atoms with E-state index in [1.54, 1.807) is 0 Å². The summed E-state index contributed by atoms with van der Waals surface area (Å²) >= 11 is 0. The van der Waals surface area contributed by atoms with Crippen molar-refractivity contribution in [2.24, 2.45) is 0 Å². The Labute approximate surface area is 419 Å².